The van der Waals surface area contributed by atoms with Crippen molar-refractivity contribution in [2.75, 3.05) is 11.9 Å². The Morgan fingerprint density at radius 1 is 1.18 bits per heavy atom. The minimum Gasteiger partial charge on any atom is -0.361 e. The number of aryl methyl sites for hydroxylation is 2. The second kappa shape index (κ2) is 7.44. The molecule has 148 valence electrons. The lowest BCUT2D eigenvalue weighted by Crippen LogP contribution is -2.18. The van der Waals surface area contributed by atoms with E-state index in [9.17, 15) is 0 Å². The van der Waals surface area contributed by atoms with Gasteiger partial charge in [-0.15, -0.1) is 0 Å². The van der Waals surface area contributed by atoms with E-state index in [0.29, 0.717) is 6.04 Å². The Hall–Kier alpha value is -1.99. The van der Waals surface area contributed by atoms with Crippen LogP contribution in [-0.2, 0) is 0 Å². The lowest BCUT2D eigenvalue weighted by molar-refractivity contribution is 0.393. The molecule has 0 amide bonds. The number of nitrogens with zero attached hydrogens (tertiary/aromatic N) is 2. The number of anilines is 1. The smallest absolute Gasteiger partial charge is 0.201 e. The summed E-state index contributed by atoms with van der Waals surface area (Å²) < 4.78 is 9.07. The Morgan fingerprint density at radius 3 is 2.71 bits per heavy atom. The summed E-state index contributed by atoms with van der Waals surface area (Å²) in [6, 6.07) is 4.97. The number of H-pyrrole nitrogens is 1. The second-order valence-electron chi connectivity index (χ2n) is 8.18. The highest BCUT2D eigenvalue weighted by Gasteiger charge is 2.22. The number of fused-ring (bicyclic) bond motifs is 1. The van der Waals surface area contributed by atoms with Crippen LogP contribution >= 0.6 is 11.9 Å². The molecule has 0 saturated heterocycles. The van der Waals surface area contributed by atoms with Gasteiger partial charge in [0.1, 0.15) is 11.3 Å². The Kier molecular flexibility index (Phi) is 4.80. The molecular formula is C21H27N5OS. The molecule has 0 atom stereocenters. The quantitative estimate of drug-likeness (QED) is 0.476. The predicted molar refractivity (Wildman–Crippen MR) is 114 cm³/mol. The number of benzene rings is 1. The highest BCUT2D eigenvalue weighted by Crippen LogP contribution is 2.36. The Labute approximate surface area is 169 Å². The molecule has 2 heterocycles. The van der Waals surface area contributed by atoms with Crippen molar-refractivity contribution in [3.05, 3.63) is 23.6 Å². The number of hydrogen-bond donors (Lipinski definition) is 3. The van der Waals surface area contributed by atoms with Gasteiger partial charge < -0.3 is 14.8 Å². The van der Waals surface area contributed by atoms with E-state index in [-0.39, 0.29) is 0 Å². The van der Waals surface area contributed by atoms with Gasteiger partial charge in [-0.2, -0.15) is 0 Å². The summed E-state index contributed by atoms with van der Waals surface area (Å²) in [5.74, 6) is 2.52. The molecule has 3 aromatic rings. The minimum absolute atomic E-state index is 0.592. The SMILES string of the molecule is Cc1noc(C)c1-c1cc(SNC2CCCC2)c2nc(NCC3CC3)[nH]c2c1. The maximum Gasteiger partial charge on any atom is 0.201 e. The molecule has 7 heteroatoms. The third kappa shape index (κ3) is 3.65. The van der Waals surface area contributed by atoms with Gasteiger partial charge in [-0.05, 0) is 75.1 Å². The number of rotatable bonds is 7. The maximum atomic E-state index is 5.41. The van der Waals surface area contributed by atoms with Crippen LogP contribution in [0.15, 0.2) is 21.6 Å². The van der Waals surface area contributed by atoms with E-state index in [4.69, 9.17) is 9.51 Å². The van der Waals surface area contributed by atoms with E-state index in [1.807, 2.05) is 13.8 Å². The molecule has 0 radical (unpaired) electrons. The van der Waals surface area contributed by atoms with E-state index in [1.54, 1.807) is 11.9 Å². The average Bonchev–Trinajstić information content (AvgIpc) is 3.05. The Balaban J connectivity index is 1.50. The summed E-state index contributed by atoms with van der Waals surface area (Å²) in [5, 5.41) is 7.61. The topological polar surface area (TPSA) is 78.8 Å². The standard InChI is InChI=1S/C21H27N5OS/c1-12-19(13(2)27-25-12)15-9-17-20(24-21(23-17)22-11-14-7-8-14)18(10-15)28-26-16-5-3-4-6-16/h9-10,14,16,26H,3-8,11H2,1-2H3,(H2,22,23,24). The van der Waals surface area contributed by atoms with E-state index in [0.717, 1.165) is 56.9 Å². The molecule has 2 aliphatic carbocycles. The molecule has 1 aromatic carbocycles. The summed E-state index contributed by atoms with van der Waals surface area (Å²) in [6.45, 7) is 4.97. The van der Waals surface area contributed by atoms with Crippen molar-refractivity contribution >= 4 is 28.9 Å². The lowest BCUT2D eigenvalue weighted by atomic mass is 10.0. The Morgan fingerprint density at radius 2 is 2.00 bits per heavy atom. The largest absolute Gasteiger partial charge is 0.361 e. The molecule has 0 aliphatic heterocycles. The van der Waals surface area contributed by atoms with Crippen LogP contribution in [0.25, 0.3) is 22.2 Å². The van der Waals surface area contributed by atoms with Crippen molar-refractivity contribution in [3.63, 3.8) is 0 Å². The number of nitrogens with one attached hydrogen (secondary N) is 3. The highest BCUT2D eigenvalue weighted by molar-refractivity contribution is 7.97. The first-order valence-corrected chi connectivity index (χ1v) is 11.1. The van der Waals surface area contributed by atoms with Crippen molar-refractivity contribution < 1.29 is 4.52 Å². The van der Waals surface area contributed by atoms with Gasteiger partial charge in [0.25, 0.3) is 0 Å². The van der Waals surface area contributed by atoms with E-state index in [2.05, 4.69) is 32.3 Å². The first-order valence-electron chi connectivity index (χ1n) is 10.3. The van der Waals surface area contributed by atoms with Gasteiger partial charge in [0, 0.05) is 18.2 Å². The van der Waals surface area contributed by atoms with Crippen LogP contribution in [0.4, 0.5) is 5.95 Å². The maximum absolute atomic E-state index is 5.41. The highest BCUT2D eigenvalue weighted by atomic mass is 32.2. The van der Waals surface area contributed by atoms with Crippen LogP contribution in [0.2, 0.25) is 0 Å². The average molecular weight is 398 g/mol. The summed E-state index contributed by atoms with van der Waals surface area (Å²) in [4.78, 5) is 9.48. The molecule has 2 fully saturated rings. The summed E-state index contributed by atoms with van der Waals surface area (Å²) >= 11 is 1.71. The van der Waals surface area contributed by atoms with Crippen molar-refractivity contribution in [2.24, 2.45) is 5.92 Å². The third-order valence-electron chi connectivity index (χ3n) is 5.82. The summed E-state index contributed by atoms with van der Waals surface area (Å²) in [7, 11) is 0. The summed E-state index contributed by atoms with van der Waals surface area (Å²) in [6.07, 6.45) is 7.82. The van der Waals surface area contributed by atoms with Gasteiger partial charge in [0.2, 0.25) is 5.95 Å². The molecule has 3 N–H and O–H groups in total. The van der Waals surface area contributed by atoms with Crippen LogP contribution in [0, 0.1) is 19.8 Å². The molecule has 2 aromatic heterocycles. The molecule has 5 rings (SSSR count). The van der Waals surface area contributed by atoms with E-state index >= 15 is 0 Å². The van der Waals surface area contributed by atoms with Crippen LogP contribution < -0.4 is 10.0 Å². The molecule has 6 nitrogen and oxygen atoms in total. The molecule has 2 saturated carbocycles. The lowest BCUT2D eigenvalue weighted by Gasteiger charge is -2.12. The van der Waals surface area contributed by atoms with Gasteiger partial charge >= 0.3 is 0 Å². The number of aromatic amines is 1. The van der Waals surface area contributed by atoms with Crippen LogP contribution in [0.3, 0.4) is 0 Å². The Bertz CT molecular complexity index is 965. The zero-order valence-corrected chi connectivity index (χ0v) is 17.3. The minimum atomic E-state index is 0.592. The van der Waals surface area contributed by atoms with E-state index in [1.165, 1.54) is 38.5 Å². The van der Waals surface area contributed by atoms with Crippen molar-refractivity contribution in [1.82, 2.24) is 19.8 Å². The number of aromatic nitrogens is 3. The van der Waals surface area contributed by atoms with Gasteiger partial charge in [-0.1, -0.05) is 18.0 Å². The zero-order chi connectivity index (χ0) is 19.1. The predicted octanol–water partition coefficient (Wildman–Crippen LogP) is 5.20. The fraction of sp³-hybridized carbons (Fsp3) is 0.524. The van der Waals surface area contributed by atoms with Crippen molar-refractivity contribution in [3.8, 4) is 11.1 Å². The van der Waals surface area contributed by atoms with Gasteiger partial charge in [0.05, 0.1) is 16.1 Å². The first-order chi connectivity index (χ1) is 13.7. The summed E-state index contributed by atoms with van der Waals surface area (Å²) in [5.41, 5.74) is 5.18. The molecule has 28 heavy (non-hydrogen) atoms. The van der Waals surface area contributed by atoms with Crippen LogP contribution in [-0.4, -0.2) is 27.7 Å². The fourth-order valence-electron chi connectivity index (χ4n) is 4.04. The normalized spacial score (nSPS) is 17.6. The molecule has 2 aliphatic rings. The number of imidazole rings is 1. The molecule has 0 spiro atoms. The number of hydrogen-bond acceptors (Lipinski definition) is 6. The third-order valence-corrected chi connectivity index (χ3v) is 6.80. The van der Waals surface area contributed by atoms with Gasteiger partial charge in [0.15, 0.2) is 0 Å². The second-order valence-corrected chi connectivity index (χ2v) is 9.06. The van der Waals surface area contributed by atoms with Gasteiger partial charge in [-0.25, -0.2) is 4.98 Å². The van der Waals surface area contributed by atoms with Crippen LogP contribution in [0.5, 0.6) is 0 Å². The molecule has 0 unspecified atom stereocenters. The monoisotopic (exact) mass is 397 g/mol. The van der Waals surface area contributed by atoms with E-state index < -0.39 is 0 Å². The molecular weight excluding hydrogens is 370 g/mol. The van der Waals surface area contributed by atoms with Crippen molar-refractivity contribution in [2.45, 2.75) is 63.3 Å². The zero-order valence-electron chi connectivity index (χ0n) is 16.5. The van der Waals surface area contributed by atoms with Gasteiger partial charge in [-0.3, -0.25) is 4.72 Å². The molecule has 0 bridgehead atoms. The van der Waals surface area contributed by atoms with Crippen LogP contribution in [0.1, 0.15) is 50.0 Å². The van der Waals surface area contributed by atoms with Crippen molar-refractivity contribution in [1.29, 1.82) is 0 Å². The first kappa shape index (κ1) is 18.1. The fourth-order valence-corrected chi connectivity index (χ4v) is 5.01.